The number of ether oxygens (including phenoxy) is 2. The molecule has 0 bridgehead atoms. The minimum absolute atomic E-state index is 0.0133. The fraction of sp³-hybridized carbons (Fsp3) is 0.692. The van der Waals surface area contributed by atoms with E-state index in [4.69, 9.17) is 21.1 Å². The lowest BCUT2D eigenvalue weighted by Crippen LogP contribution is -2.49. The molecule has 4 rings (SSSR count). The van der Waals surface area contributed by atoms with E-state index in [1.54, 1.807) is 5.01 Å². The zero-order valence-electron chi connectivity index (χ0n) is 22.4. The van der Waals surface area contributed by atoms with E-state index in [0.717, 1.165) is 51.5 Å². The Labute approximate surface area is 227 Å². The maximum absolute atomic E-state index is 15.2. The van der Waals surface area contributed by atoms with Crippen LogP contribution in [0, 0.1) is 11.7 Å². The van der Waals surface area contributed by atoms with Crippen LogP contribution in [-0.2, 0) is 4.74 Å². The number of amides is 1. The number of halogens is 2. The number of aliphatic hydroxyl groups is 1. The van der Waals surface area contributed by atoms with Gasteiger partial charge in [-0.1, -0.05) is 11.6 Å². The van der Waals surface area contributed by atoms with Gasteiger partial charge < -0.3 is 19.9 Å². The van der Waals surface area contributed by atoms with Crippen LogP contribution in [0.2, 0.25) is 5.15 Å². The molecular weight excluding hydrogens is 515 g/mol. The number of nitrogens with one attached hydrogen (secondary N) is 1. The van der Waals surface area contributed by atoms with Gasteiger partial charge in [0.05, 0.1) is 18.6 Å². The van der Waals surface area contributed by atoms with Gasteiger partial charge in [0.25, 0.3) is 0 Å². The lowest BCUT2D eigenvalue weighted by atomic mass is 9.94. The molecule has 2 aliphatic rings. The van der Waals surface area contributed by atoms with Crippen LogP contribution in [0.4, 0.5) is 15.0 Å². The van der Waals surface area contributed by atoms with Gasteiger partial charge in [0.2, 0.25) is 0 Å². The average molecular weight is 553 g/mol. The molecule has 38 heavy (non-hydrogen) atoms. The number of carbonyl (C=O) groups excluding carboxylic acids is 1. The van der Waals surface area contributed by atoms with E-state index < -0.39 is 17.5 Å². The third-order valence-electron chi connectivity index (χ3n) is 6.80. The molecule has 2 unspecified atom stereocenters. The Hall–Kier alpha value is -2.50. The summed E-state index contributed by atoms with van der Waals surface area (Å²) in [6.07, 6.45) is 7.08. The van der Waals surface area contributed by atoms with Crippen molar-refractivity contribution in [3.63, 3.8) is 0 Å². The molecule has 2 atom stereocenters. The highest BCUT2D eigenvalue weighted by atomic mass is 35.5. The number of rotatable bonds is 5. The number of hydrogen-bond acceptors (Lipinski definition) is 9. The molecule has 2 aromatic heterocycles. The molecule has 2 fully saturated rings. The van der Waals surface area contributed by atoms with Gasteiger partial charge in [0, 0.05) is 25.3 Å². The van der Waals surface area contributed by atoms with Crippen LogP contribution in [0.1, 0.15) is 65.7 Å². The van der Waals surface area contributed by atoms with Crippen molar-refractivity contribution in [2.75, 3.05) is 37.9 Å². The van der Waals surface area contributed by atoms with Crippen LogP contribution in [0.25, 0.3) is 10.9 Å². The largest absolute Gasteiger partial charge is 0.463 e. The van der Waals surface area contributed by atoms with E-state index in [9.17, 15) is 9.90 Å². The molecule has 4 heterocycles. The Bertz CT molecular complexity index is 1120. The average Bonchev–Trinajstić information content (AvgIpc) is 3.11. The van der Waals surface area contributed by atoms with Crippen molar-refractivity contribution in [3.05, 3.63) is 17.2 Å². The molecule has 2 aliphatic heterocycles. The van der Waals surface area contributed by atoms with Gasteiger partial charge in [0.1, 0.15) is 11.1 Å². The van der Waals surface area contributed by atoms with Crippen molar-refractivity contribution in [2.24, 2.45) is 5.92 Å². The van der Waals surface area contributed by atoms with Crippen LogP contribution in [0.3, 0.4) is 0 Å². The molecule has 1 amide bonds. The standard InChI is InChI=1S/C26H38ClFN6O4/c1-26(2,3)38-25(36)34-13-6-4-5-12-33(34)23-19-14-30-22(27)20(28)21(19)31-24(32-23)37-16-17-8-7-11-29-18(15-35)10-9-17/h14,17-18,29,35H,4-13,15-16H2,1-3H3. The quantitative estimate of drug-likeness (QED) is 0.518. The molecule has 2 N–H and O–H groups in total. The van der Waals surface area contributed by atoms with Gasteiger partial charge in [-0.25, -0.2) is 19.2 Å². The number of anilines is 1. The van der Waals surface area contributed by atoms with E-state index >= 15 is 4.39 Å². The Balaban J connectivity index is 1.66. The van der Waals surface area contributed by atoms with Crippen LogP contribution < -0.4 is 15.1 Å². The molecule has 10 nitrogen and oxygen atoms in total. The van der Waals surface area contributed by atoms with E-state index in [0.29, 0.717) is 30.9 Å². The van der Waals surface area contributed by atoms with Crippen molar-refractivity contribution in [1.29, 1.82) is 0 Å². The number of hydrazine groups is 1. The summed E-state index contributed by atoms with van der Waals surface area (Å²) in [6.45, 7) is 7.65. The van der Waals surface area contributed by atoms with E-state index in [-0.39, 0.29) is 35.2 Å². The number of fused-ring (bicyclic) bond motifs is 1. The third kappa shape index (κ3) is 7.12. The smallest absolute Gasteiger partial charge is 0.429 e. The van der Waals surface area contributed by atoms with Gasteiger partial charge in [-0.15, -0.1) is 0 Å². The normalized spacial score (nSPS) is 21.5. The molecule has 0 radical (unpaired) electrons. The molecule has 2 aromatic rings. The first-order valence-corrected chi connectivity index (χ1v) is 13.8. The number of hydrogen-bond donors (Lipinski definition) is 2. The Kier molecular flexibility index (Phi) is 9.43. The molecular formula is C26H38ClFN6O4. The summed E-state index contributed by atoms with van der Waals surface area (Å²) in [7, 11) is 0. The van der Waals surface area contributed by atoms with Gasteiger partial charge in [0.15, 0.2) is 16.8 Å². The summed E-state index contributed by atoms with van der Waals surface area (Å²) in [5, 5.41) is 16.2. The van der Waals surface area contributed by atoms with Crippen molar-refractivity contribution < 1.29 is 23.8 Å². The van der Waals surface area contributed by atoms with Crippen LogP contribution in [0.5, 0.6) is 6.01 Å². The summed E-state index contributed by atoms with van der Waals surface area (Å²) in [6, 6.07) is 0.0906. The summed E-state index contributed by atoms with van der Waals surface area (Å²) in [4.78, 5) is 26.2. The van der Waals surface area contributed by atoms with Gasteiger partial charge in [-0.05, 0) is 78.2 Å². The lowest BCUT2D eigenvalue weighted by Gasteiger charge is -2.35. The first-order chi connectivity index (χ1) is 18.2. The summed E-state index contributed by atoms with van der Waals surface area (Å²) in [5.41, 5.74) is -0.693. The van der Waals surface area contributed by atoms with E-state index in [1.807, 2.05) is 20.8 Å². The number of carbonyl (C=O) groups is 1. The van der Waals surface area contributed by atoms with Crippen molar-refractivity contribution in [2.45, 2.75) is 77.4 Å². The van der Waals surface area contributed by atoms with Crippen molar-refractivity contribution in [1.82, 2.24) is 25.3 Å². The zero-order chi connectivity index (χ0) is 27.3. The topological polar surface area (TPSA) is 113 Å². The molecule has 0 aliphatic carbocycles. The first kappa shape index (κ1) is 28.5. The summed E-state index contributed by atoms with van der Waals surface area (Å²) < 4.78 is 26.9. The maximum atomic E-state index is 15.2. The van der Waals surface area contributed by atoms with E-state index in [1.165, 1.54) is 11.2 Å². The molecule has 2 saturated heterocycles. The van der Waals surface area contributed by atoms with Gasteiger partial charge in [-0.2, -0.15) is 9.97 Å². The first-order valence-electron chi connectivity index (χ1n) is 13.4. The maximum Gasteiger partial charge on any atom is 0.429 e. The molecule has 0 spiro atoms. The Morgan fingerprint density at radius 3 is 2.74 bits per heavy atom. The van der Waals surface area contributed by atoms with Crippen molar-refractivity contribution >= 4 is 34.4 Å². The fourth-order valence-electron chi connectivity index (χ4n) is 4.82. The van der Waals surface area contributed by atoms with Crippen LogP contribution in [-0.4, -0.2) is 75.7 Å². The van der Waals surface area contributed by atoms with Crippen LogP contribution in [0.15, 0.2) is 6.20 Å². The Morgan fingerprint density at radius 1 is 1.18 bits per heavy atom. The van der Waals surface area contributed by atoms with Gasteiger partial charge >= 0.3 is 12.1 Å². The highest BCUT2D eigenvalue weighted by Crippen LogP contribution is 2.32. The van der Waals surface area contributed by atoms with Gasteiger partial charge in [-0.3, -0.25) is 5.01 Å². The highest BCUT2D eigenvalue weighted by Gasteiger charge is 2.31. The lowest BCUT2D eigenvalue weighted by molar-refractivity contribution is 0.0232. The second-order valence-electron chi connectivity index (χ2n) is 11.0. The highest BCUT2D eigenvalue weighted by molar-refractivity contribution is 6.30. The van der Waals surface area contributed by atoms with Crippen molar-refractivity contribution in [3.8, 4) is 6.01 Å². The SMILES string of the molecule is CC(C)(C)OC(=O)N1CCCCCN1c1nc(OCC2CCCNC(CO)CC2)nc2c(F)c(Cl)ncc12. The molecule has 0 aromatic carbocycles. The predicted octanol–water partition coefficient (Wildman–Crippen LogP) is 4.48. The fourth-order valence-corrected chi connectivity index (χ4v) is 4.96. The minimum atomic E-state index is -0.765. The monoisotopic (exact) mass is 552 g/mol. The molecule has 210 valence electrons. The van der Waals surface area contributed by atoms with E-state index in [2.05, 4.69) is 20.3 Å². The zero-order valence-corrected chi connectivity index (χ0v) is 23.1. The number of pyridine rings is 1. The number of aromatic nitrogens is 3. The summed E-state index contributed by atoms with van der Waals surface area (Å²) in [5.74, 6) is -0.196. The second-order valence-corrected chi connectivity index (χ2v) is 11.3. The summed E-state index contributed by atoms with van der Waals surface area (Å²) >= 11 is 6.00. The second kappa shape index (κ2) is 12.6. The third-order valence-corrected chi connectivity index (χ3v) is 7.06. The molecule has 12 heteroatoms. The minimum Gasteiger partial charge on any atom is -0.463 e. The Morgan fingerprint density at radius 2 is 1.97 bits per heavy atom. The molecule has 0 saturated carbocycles. The number of nitrogens with zero attached hydrogens (tertiary/aromatic N) is 5. The van der Waals surface area contributed by atoms with Crippen LogP contribution >= 0.6 is 11.6 Å². The number of aliphatic hydroxyl groups excluding tert-OH is 1. The predicted molar refractivity (Wildman–Crippen MR) is 143 cm³/mol.